The molecule has 0 spiro atoms. The molecule has 1 aromatic carbocycles. The molecular formula is C20H31N3O2. The summed E-state index contributed by atoms with van der Waals surface area (Å²) < 4.78 is 0. The summed E-state index contributed by atoms with van der Waals surface area (Å²) in [7, 11) is 0. The number of nitrogens with one attached hydrogen (secondary N) is 1. The maximum Gasteiger partial charge on any atom is 0.253 e. The Bertz CT molecular complexity index is 545. The third-order valence-corrected chi connectivity index (χ3v) is 4.51. The fraction of sp³-hybridized carbons (Fsp3) is 0.600. The van der Waals surface area contributed by atoms with Crippen LogP contribution in [0, 0.1) is 0 Å². The molecule has 0 unspecified atom stereocenters. The molecule has 0 atom stereocenters. The van der Waals surface area contributed by atoms with E-state index in [9.17, 15) is 9.59 Å². The van der Waals surface area contributed by atoms with Crippen molar-refractivity contribution >= 4 is 17.5 Å². The van der Waals surface area contributed by atoms with Crippen LogP contribution >= 0.6 is 0 Å². The zero-order chi connectivity index (χ0) is 18.1. The van der Waals surface area contributed by atoms with E-state index in [0.717, 1.165) is 57.5 Å². The van der Waals surface area contributed by atoms with E-state index in [1.807, 2.05) is 29.2 Å². The highest BCUT2D eigenvalue weighted by atomic mass is 16.2. The van der Waals surface area contributed by atoms with Gasteiger partial charge in [0.25, 0.3) is 5.91 Å². The summed E-state index contributed by atoms with van der Waals surface area (Å²) in [5.41, 5.74) is 1.44. The third kappa shape index (κ3) is 6.16. The molecule has 1 heterocycles. The lowest BCUT2D eigenvalue weighted by atomic mass is 10.1. The Morgan fingerprint density at radius 2 is 1.60 bits per heavy atom. The number of likely N-dealkylation sites (tertiary alicyclic amines) is 1. The summed E-state index contributed by atoms with van der Waals surface area (Å²) in [4.78, 5) is 28.8. The van der Waals surface area contributed by atoms with Crippen LogP contribution in [0.1, 0.15) is 56.3 Å². The van der Waals surface area contributed by atoms with E-state index in [0.29, 0.717) is 12.1 Å². The van der Waals surface area contributed by atoms with Crippen LogP contribution in [0.15, 0.2) is 24.3 Å². The molecule has 2 amide bonds. The number of anilines is 1. The fourth-order valence-electron chi connectivity index (χ4n) is 3.28. The van der Waals surface area contributed by atoms with Crippen LogP contribution in [0.5, 0.6) is 0 Å². The number of rotatable bonds is 8. The first-order valence-electron chi connectivity index (χ1n) is 9.55. The molecule has 138 valence electrons. The Hall–Kier alpha value is -1.88. The average molecular weight is 345 g/mol. The van der Waals surface area contributed by atoms with E-state index in [2.05, 4.69) is 24.1 Å². The summed E-state index contributed by atoms with van der Waals surface area (Å²) >= 11 is 0. The van der Waals surface area contributed by atoms with Gasteiger partial charge >= 0.3 is 0 Å². The molecule has 2 rings (SSSR count). The molecule has 0 aliphatic carbocycles. The highest BCUT2D eigenvalue weighted by Gasteiger charge is 2.18. The van der Waals surface area contributed by atoms with Gasteiger partial charge in [0.15, 0.2) is 0 Å². The van der Waals surface area contributed by atoms with Crippen LogP contribution in [0.4, 0.5) is 5.69 Å². The van der Waals surface area contributed by atoms with Crippen molar-refractivity contribution in [2.24, 2.45) is 0 Å². The monoisotopic (exact) mass is 345 g/mol. The number of nitrogens with zero attached hydrogens (tertiary/aromatic N) is 2. The van der Waals surface area contributed by atoms with Crippen molar-refractivity contribution in [3.63, 3.8) is 0 Å². The van der Waals surface area contributed by atoms with Crippen molar-refractivity contribution in [2.45, 2.75) is 46.0 Å². The van der Waals surface area contributed by atoms with Gasteiger partial charge in [-0.2, -0.15) is 0 Å². The Kier molecular flexibility index (Phi) is 7.92. The molecule has 1 aliphatic rings. The number of piperidine rings is 1. The topological polar surface area (TPSA) is 52.7 Å². The second-order valence-electron chi connectivity index (χ2n) is 6.75. The number of hydrogen-bond acceptors (Lipinski definition) is 3. The van der Waals surface area contributed by atoms with E-state index >= 15 is 0 Å². The molecule has 1 saturated heterocycles. The average Bonchev–Trinajstić information content (AvgIpc) is 2.63. The molecule has 25 heavy (non-hydrogen) atoms. The molecule has 5 nitrogen and oxygen atoms in total. The molecule has 5 heteroatoms. The summed E-state index contributed by atoms with van der Waals surface area (Å²) in [6.45, 7) is 8.23. The van der Waals surface area contributed by atoms with Gasteiger partial charge in [0, 0.05) is 24.3 Å². The molecule has 0 radical (unpaired) electrons. The minimum absolute atomic E-state index is 0.00277. The third-order valence-electron chi connectivity index (χ3n) is 4.51. The predicted octanol–water partition coefficient (Wildman–Crippen LogP) is 3.37. The number of hydrogen-bond donors (Lipinski definition) is 1. The second kappa shape index (κ2) is 10.2. The minimum atomic E-state index is -0.00277. The SMILES string of the molecule is CCCN(CCC)CC(=O)Nc1ccc(C(=O)N2CCCCC2)cc1. The van der Waals surface area contributed by atoms with E-state index < -0.39 is 0 Å². The van der Waals surface area contributed by atoms with Gasteiger partial charge in [-0.25, -0.2) is 0 Å². The van der Waals surface area contributed by atoms with Gasteiger partial charge in [0.05, 0.1) is 6.54 Å². The molecule has 1 aromatic rings. The van der Waals surface area contributed by atoms with Gasteiger partial charge in [0.2, 0.25) is 5.91 Å². The molecule has 1 N–H and O–H groups in total. The normalized spacial score (nSPS) is 14.6. The largest absolute Gasteiger partial charge is 0.339 e. The first-order chi connectivity index (χ1) is 12.1. The predicted molar refractivity (Wildman–Crippen MR) is 102 cm³/mol. The van der Waals surface area contributed by atoms with E-state index in [-0.39, 0.29) is 11.8 Å². The summed E-state index contributed by atoms with van der Waals surface area (Å²) in [6.07, 6.45) is 5.47. The van der Waals surface area contributed by atoms with Crippen LogP contribution in [-0.2, 0) is 4.79 Å². The Labute approximate surface area is 151 Å². The van der Waals surface area contributed by atoms with E-state index in [4.69, 9.17) is 0 Å². The first-order valence-corrected chi connectivity index (χ1v) is 9.55. The zero-order valence-corrected chi connectivity index (χ0v) is 15.6. The Morgan fingerprint density at radius 3 is 2.16 bits per heavy atom. The van der Waals surface area contributed by atoms with Crippen molar-refractivity contribution in [3.05, 3.63) is 29.8 Å². The number of amides is 2. The standard InChI is InChI=1S/C20H31N3O2/c1-3-12-22(13-4-2)16-19(24)21-18-10-8-17(9-11-18)20(25)23-14-6-5-7-15-23/h8-11H,3-7,12-16H2,1-2H3,(H,21,24). The van der Waals surface area contributed by atoms with E-state index in [1.54, 1.807) is 0 Å². The van der Waals surface area contributed by atoms with Crippen LogP contribution in [0.3, 0.4) is 0 Å². The first kappa shape index (κ1) is 19.4. The number of carbonyl (C=O) groups is 2. The lowest BCUT2D eigenvalue weighted by Crippen LogP contribution is -2.35. The zero-order valence-electron chi connectivity index (χ0n) is 15.6. The van der Waals surface area contributed by atoms with Crippen LogP contribution in [0.25, 0.3) is 0 Å². The molecule has 0 aromatic heterocycles. The van der Waals surface area contributed by atoms with E-state index in [1.165, 1.54) is 6.42 Å². The molecule has 1 fully saturated rings. The molecule has 0 bridgehead atoms. The quantitative estimate of drug-likeness (QED) is 0.786. The summed E-state index contributed by atoms with van der Waals surface area (Å²) in [5, 5.41) is 2.93. The van der Waals surface area contributed by atoms with Crippen molar-refractivity contribution < 1.29 is 9.59 Å². The highest BCUT2D eigenvalue weighted by molar-refractivity contribution is 5.96. The number of carbonyl (C=O) groups excluding carboxylic acids is 2. The maximum atomic E-state index is 12.5. The minimum Gasteiger partial charge on any atom is -0.339 e. The van der Waals surface area contributed by atoms with Crippen LogP contribution < -0.4 is 5.32 Å². The van der Waals surface area contributed by atoms with Crippen molar-refractivity contribution in [2.75, 3.05) is 38.0 Å². The Balaban J connectivity index is 1.88. The van der Waals surface area contributed by atoms with Gasteiger partial charge in [0.1, 0.15) is 0 Å². The van der Waals surface area contributed by atoms with Gasteiger partial charge in [-0.3, -0.25) is 14.5 Å². The van der Waals surface area contributed by atoms with Gasteiger partial charge in [-0.05, 0) is 69.5 Å². The smallest absolute Gasteiger partial charge is 0.253 e. The number of benzene rings is 1. The Morgan fingerprint density at radius 1 is 1.00 bits per heavy atom. The van der Waals surface area contributed by atoms with Gasteiger partial charge in [-0.1, -0.05) is 13.8 Å². The lowest BCUT2D eigenvalue weighted by molar-refractivity contribution is -0.117. The molecule has 0 saturated carbocycles. The second-order valence-corrected chi connectivity index (χ2v) is 6.75. The summed E-state index contributed by atoms with van der Waals surface area (Å²) in [5.74, 6) is 0.0895. The van der Waals surface area contributed by atoms with Crippen LogP contribution in [0.2, 0.25) is 0 Å². The van der Waals surface area contributed by atoms with Crippen molar-refractivity contribution in [1.82, 2.24) is 9.80 Å². The van der Waals surface area contributed by atoms with Crippen LogP contribution in [-0.4, -0.2) is 54.3 Å². The molecule has 1 aliphatic heterocycles. The van der Waals surface area contributed by atoms with Crippen molar-refractivity contribution in [3.8, 4) is 0 Å². The maximum absolute atomic E-state index is 12.5. The van der Waals surface area contributed by atoms with Crippen molar-refractivity contribution in [1.29, 1.82) is 0 Å². The van der Waals surface area contributed by atoms with Gasteiger partial charge in [-0.15, -0.1) is 0 Å². The lowest BCUT2D eigenvalue weighted by Gasteiger charge is -2.26. The van der Waals surface area contributed by atoms with Gasteiger partial charge < -0.3 is 10.2 Å². The fourth-order valence-corrected chi connectivity index (χ4v) is 3.28. The molecular weight excluding hydrogens is 314 g/mol. The summed E-state index contributed by atoms with van der Waals surface area (Å²) in [6, 6.07) is 7.25. The highest BCUT2D eigenvalue weighted by Crippen LogP contribution is 2.15.